The molecule has 0 unspecified atom stereocenters. The van der Waals surface area contributed by atoms with E-state index in [9.17, 15) is 18.0 Å². The molecule has 0 saturated carbocycles. The molecule has 0 fully saturated rings. The highest BCUT2D eigenvalue weighted by Gasteiger charge is 2.31. The molecule has 0 aliphatic heterocycles. The molecule has 0 aliphatic carbocycles. The van der Waals surface area contributed by atoms with Crippen LogP contribution in [-0.4, -0.2) is 33.1 Å². The number of aromatic nitrogens is 3. The summed E-state index contributed by atoms with van der Waals surface area (Å²) >= 11 is 1.00. The highest BCUT2D eigenvalue weighted by molar-refractivity contribution is 7.99. The summed E-state index contributed by atoms with van der Waals surface area (Å²) in [4.78, 5) is 12.0. The maximum Gasteiger partial charge on any atom is 0.416 e. The number of anilines is 1. The second-order valence-corrected chi connectivity index (χ2v) is 5.86. The summed E-state index contributed by atoms with van der Waals surface area (Å²) in [5.74, 6) is 5.08. The van der Waals surface area contributed by atoms with E-state index in [-0.39, 0.29) is 17.2 Å². The molecule has 0 saturated heterocycles. The Morgan fingerprint density at radius 3 is 2.80 bits per heavy atom. The summed E-state index contributed by atoms with van der Waals surface area (Å²) in [5, 5.41) is 10.00. The number of carbonyl (C=O) groups excluding carboxylic acids is 1. The van der Waals surface area contributed by atoms with Gasteiger partial charge in [0.1, 0.15) is 12.1 Å². The number of rotatable bonds is 7. The van der Waals surface area contributed by atoms with Gasteiger partial charge in [-0.2, -0.15) is 13.2 Å². The SMILES string of the molecule is CCCOc1ccc(C(F)(F)F)cc1NC(=O)CSc1nncn1N. The molecule has 1 amide bonds. The first kappa shape index (κ1) is 18.9. The van der Waals surface area contributed by atoms with Gasteiger partial charge in [0.2, 0.25) is 11.1 Å². The van der Waals surface area contributed by atoms with E-state index >= 15 is 0 Å². The first-order valence-corrected chi connectivity index (χ1v) is 8.21. The number of benzene rings is 1. The molecule has 0 spiro atoms. The summed E-state index contributed by atoms with van der Waals surface area (Å²) in [5.41, 5.74) is -0.913. The second-order valence-electron chi connectivity index (χ2n) is 4.91. The molecule has 25 heavy (non-hydrogen) atoms. The van der Waals surface area contributed by atoms with Crippen molar-refractivity contribution in [1.82, 2.24) is 14.9 Å². The van der Waals surface area contributed by atoms with Gasteiger partial charge in [-0.15, -0.1) is 10.2 Å². The first-order valence-electron chi connectivity index (χ1n) is 7.23. The van der Waals surface area contributed by atoms with Crippen LogP contribution in [-0.2, 0) is 11.0 Å². The van der Waals surface area contributed by atoms with Crippen LogP contribution in [0.25, 0.3) is 0 Å². The summed E-state index contributed by atoms with van der Waals surface area (Å²) in [6.07, 6.45) is -2.58. The third kappa shape index (κ3) is 5.28. The van der Waals surface area contributed by atoms with Gasteiger partial charge in [0, 0.05) is 0 Å². The van der Waals surface area contributed by atoms with Gasteiger partial charge in [-0.25, -0.2) is 4.68 Å². The molecule has 1 heterocycles. The lowest BCUT2D eigenvalue weighted by molar-refractivity contribution is -0.137. The number of nitrogen functional groups attached to an aromatic ring is 1. The average Bonchev–Trinajstić information content (AvgIpc) is 2.96. The number of amides is 1. The van der Waals surface area contributed by atoms with Crippen LogP contribution in [0.3, 0.4) is 0 Å². The fraction of sp³-hybridized carbons (Fsp3) is 0.357. The van der Waals surface area contributed by atoms with Crippen LogP contribution in [0.2, 0.25) is 0 Å². The maximum atomic E-state index is 12.9. The van der Waals surface area contributed by atoms with Crippen LogP contribution in [0.1, 0.15) is 18.9 Å². The quantitative estimate of drug-likeness (QED) is 0.570. The van der Waals surface area contributed by atoms with E-state index in [1.165, 1.54) is 12.4 Å². The molecule has 1 aromatic heterocycles. The number of ether oxygens (including phenoxy) is 1. The Labute approximate surface area is 145 Å². The summed E-state index contributed by atoms with van der Waals surface area (Å²) in [6, 6.07) is 2.95. The zero-order valence-electron chi connectivity index (χ0n) is 13.2. The monoisotopic (exact) mass is 375 g/mol. The maximum absolute atomic E-state index is 12.9. The Morgan fingerprint density at radius 1 is 1.44 bits per heavy atom. The van der Waals surface area contributed by atoms with Crippen molar-refractivity contribution in [3.63, 3.8) is 0 Å². The van der Waals surface area contributed by atoms with Crippen molar-refractivity contribution in [3.05, 3.63) is 30.1 Å². The van der Waals surface area contributed by atoms with Crippen molar-refractivity contribution in [2.75, 3.05) is 23.5 Å². The second kappa shape index (κ2) is 8.10. The number of nitrogens with one attached hydrogen (secondary N) is 1. The smallest absolute Gasteiger partial charge is 0.416 e. The molecule has 0 aliphatic rings. The van der Waals surface area contributed by atoms with Crippen molar-refractivity contribution >= 4 is 23.4 Å². The van der Waals surface area contributed by atoms with Crippen LogP contribution in [0.15, 0.2) is 29.7 Å². The minimum absolute atomic E-state index is 0.0388. The van der Waals surface area contributed by atoms with Crippen LogP contribution in [0, 0.1) is 0 Å². The Balaban J connectivity index is 2.11. The van der Waals surface area contributed by atoms with Gasteiger partial charge < -0.3 is 15.9 Å². The molecular weight excluding hydrogens is 359 g/mol. The fourth-order valence-electron chi connectivity index (χ4n) is 1.79. The molecule has 0 bridgehead atoms. The van der Waals surface area contributed by atoms with Gasteiger partial charge in [0.15, 0.2) is 0 Å². The lowest BCUT2D eigenvalue weighted by atomic mass is 10.1. The molecule has 2 aromatic rings. The highest BCUT2D eigenvalue weighted by Crippen LogP contribution is 2.35. The Morgan fingerprint density at radius 2 is 2.20 bits per heavy atom. The lowest BCUT2D eigenvalue weighted by Crippen LogP contribution is -2.17. The number of hydrogen-bond donors (Lipinski definition) is 2. The summed E-state index contributed by atoms with van der Waals surface area (Å²) in [6.45, 7) is 2.18. The van der Waals surface area contributed by atoms with Crippen LogP contribution >= 0.6 is 11.8 Å². The number of nitrogens with zero attached hydrogens (tertiary/aromatic N) is 3. The normalized spacial score (nSPS) is 11.4. The molecule has 2 rings (SSSR count). The van der Waals surface area contributed by atoms with Crippen LogP contribution in [0.5, 0.6) is 5.75 Å². The van der Waals surface area contributed by atoms with E-state index in [4.69, 9.17) is 10.6 Å². The molecular formula is C14H16F3N5O2S. The van der Waals surface area contributed by atoms with E-state index < -0.39 is 17.6 Å². The van der Waals surface area contributed by atoms with Crippen molar-refractivity contribution in [3.8, 4) is 5.75 Å². The zero-order chi connectivity index (χ0) is 18.4. The predicted molar refractivity (Wildman–Crippen MR) is 86.8 cm³/mol. The number of nitrogens with two attached hydrogens (primary N) is 1. The molecule has 136 valence electrons. The fourth-order valence-corrected chi connectivity index (χ4v) is 2.43. The van der Waals surface area contributed by atoms with Crippen molar-refractivity contribution in [2.45, 2.75) is 24.7 Å². The molecule has 3 N–H and O–H groups in total. The lowest BCUT2D eigenvalue weighted by Gasteiger charge is -2.15. The summed E-state index contributed by atoms with van der Waals surface area (Å²) < 4.78 is 45.2. The van der Waals surface area contributed by atoms with E-state index in [0.29, 0.717) is 18.2 Å². The van der Waals surface area contributed by atoms with Gasteiger partial charge in [-0.3, -0.25) is 4.79 Å². The Bertz CT molecular complexity index is 735. The third-order valence-electron chi connectivity index (χ3n) is 2.92. The van der Waals surface area contributed by atoms with Gasteiger partial charge in [0.25, 0.3) is 0 Å². The van der Waals surface area contributed by atoms with E-state index in [1.807, 2.05) is 6.92 Å². The molecule has 11 heteroatoms. The Kier molecular flexibility index (Phi) is 6.12. The molecule has 7 nitrogen and oxygen atoms in total. The van der Waals surface area contributed by atoms with Gasteiger partial charge in [0.05, 0.1) is 23.6 Å². The minimum atomic E-state index is -4.52. The largest absolute Gasteiger partial charge is 0.491 e. The zero-order valence-corrected chi connectivity index (χ0v) is 14.0. The number of thioether (sulfide) groups is 1. The van der Waals surface area contributed by atoms with Crippen LogP contribution < -0.4 is 15.9 Å². The molecule has 0 atom stereocenters. The predicted octanol–water partition coefficient (Wildman–Crippen LogP) is 2.53. The van der Waals surface area contributed by atoms with E-state index in [0.717, 1.165) is 28.6 Å². The standard InChI is InChI=1S/C14H16F3N5O2S/c1-2-5-24-11-4-3-9(14(15,16)17)6-10(11)20-12(23)7-25-13-21-19-8-22(13)18/h3-4,6,8H,2,5,7,18H2,1H3,(H,20,23). The number of alkyl halides is 3. The van der Waals surface area contributed by atoms with E-state index in [1.54, 1.807) is 0 Å². The van der Waals surface area contributed by atoms with Gasteiger partial charge in [-0.1, -0.05) is 18.7 Å². The van der Waals surface area contributed by atoms with Crippen LogP contribution in [0.4, 0.5) is 18.9 Å². The summed E-state index contributed by atoms with van der Waals surface area (Å²) in [7, 11) is 0. The van der Waals surface area contributed by atoms with Crippen molar-refractivity contribution in [1.29, 1.82) is 0 Å². The number of carbonyl (C=O) groups is 1. The molecule has 0 radical (unpaired) electrons. The van der Waals surface area contributed by atoms with Gasteiger partial charge >= 0.3 is 6.18 Å². The average molecular weight is 375 g/mol. The minimum Gasteiger partial charge on any atom is -0.491 e. The number of halogens is 3. The van der Waals surface area contributed by atoms with Gasteiger partial charge in [-0.05, 0) is 24.6 Å². The highest BCUT2D eigenvalue weighted by atomic mass is 32.2. The molecule has 1 aromatic carbocycles. The Hall–Kier alpha value is -2.43. The first-order chi connectivity index (χ1) is 11.8. The topological polar surface area (TPSA) is 95.1 Å². The number of hydrogen-bond acceptors (Lipinski definition) is 6. The third-order valence-corrected chi connectivity index (χ3v) is 3.87. The van der Waals surface area contributed by atoms with Crippen molar-refractivity contribution < 1.29 is 22.7 Å². The van der Waals surface area contributed by atoms with E-state index in [2.05, 4.69) is 15.5 Å². The van der Waals surface area contributed by atoms with Crippen molar-refractivity contribution in [2.24, 2.45) is 0 Å².